The van der Waals surface area contributed by atoms with Gasteiger partial charge in [-0.2, -0.15) is 0 Å². The molecule has 0 bridgehead atoms. The van der Waals surface area contributed by atoms with Gasteiger partial charge in [0.05, 0.1) is 12.7 Å². The van der Waals surface area contributed by atoms with Crippen molar-refractivity contribution in [1.29, 1.82) is 0 Å². The van der Waals surface area contributed by atoms with E-state index in [4.69, 9.17) is 18.9 Å². The molecule has 0 spiro atoms. The smallest absolute Gasteiger partial charge is 0.339 e. The van der Waals surface area contributed by atoms with E-state index in [-0.39, 0.29) is 12.2 Å². The molecule has 3 rings (SSSR count). The lowest BCUT2D eigenvalue weighted by Crippen LogP contribution is -2.30. The van der Waals surface area contributed by atoms with Gasteiger partial charge in [-0.15, -0.1) is 0 Å². The summed E-state index contributed by atoms with van der Waals surface area (Å²) in [5, 5.41) is 0. The summed E-state index contributed by atoms with van der Waals surface area (Å²) in [6, 6.07) is 5.25. The predicted molar refractivity (Wildman–Crippen MR) is 103 cm³/mol. The summed E-state index contributed by atoms with van der Waals surface area (Å²) in [4.78, 5) is 25.2. The minimum Gasteiger partial charge on any atom is -0.497 e. The van der Waals surface area contributed by atoms with Crippen molar-refractivity contribution in [2.45, 2.75) is 57.7 Å². The van der Waals surface area contributed by atoms with Gasteiger partial charge in [-0.3, -0.25) is 4.79 Å². The first-order valence-electron chi connectivity index (χ1n) is 9.38. The molecule has 0 N–H and O–H groups in total. The van der Waals surface area contributed by atoms with Gasteiger partial charge < -0.3 is 18.9 Å². The second kappa shape index (κ2) is 8.29. The van der Waals surface area contributed by atoms with Gasteiger partial charge in [0.15, 0.2) is 11.6 Å². The first-order chi connectivity index (χ1) is 13.3. The molecule has 1 aromatic rings. The third-order valence-electron chi connectivity index (χ3n) is 4.66. The third kappa shape index (κ3) is 4.69. The highest BCUT2D eigenvalue weighted by Gasteiger charge is 2.43. The van der Waals surface area contributed by atoms with E-state index < -0.39 is 30.1 Å². The number of hydrogen-bond donors (Lipinski definition) is 0. The zero-order valence-electron chi connectivity index (χ0n) is 16.6. The second-order valence-electron chi connectivity index (χ2n) is 7.39. The standard InChI is InChI=1S/C22H26O6/c1-14-7-5-9-18(23)20-19(27-22(2,3)28-20)10-6-8-15-13-16(25-4)11-12-17(15)21(24)26-14/h5-7,10-14,19-20H,8-9H2,1-4H3/t14-,19-,20+/m0/s1. The Morgan fingerprint density at radius 3 is 2.57 bits per heavy atom. The monoisotopic (exact) mass is 386 g/mol. The number of esters is 1. The van der Waals surface area contributed by atoms with Crippen LogP contribution in [-0.2, 0) is 25.4 Å². The molecule has 28 heavy (non-hydrogen) atoms. The highest BCUT2D eigenvalue weighted by molar-refractivity contribution is 5.91. The number of carbonyl (C=O) groups excluding carboxylic acids is 2. The fourth-order valence-electron chi connectivity index (χ4n) is 3.34. The lowest BCUT2D eigenvalue weighted by molar-refractivity contribution is -0.153. The largest absolute Gasteiger partial charge is 0.497 e. The normalized spacial score (nSPS) is 27.5. The number of carbonyl (C=O) groups is 2. The van der Waals surface area contributed by atoms with Crippen LogP contribution in [0.5, 0.6) is 5.75 Å². The Bertz CT molecular complexity index is 807. The number of ether oxygens (including phenoxy) is 4. The Morgan fingerprint density at radius 1 is 1.07 bits per heavy atom. The van der Waals surface area contributed by atoms with E-state index in [2.05, 4.69) is 0 Å². The van der Waals surface area contributed by atoms with Crippen LogP contribution >= 0.6 is 0 Å². The highest BCUT2D eigenvalue weighted by atomic mass is 16.8. The van der Waals surface area contributed by atoms with E-state index in [1.807, 2.05) is 18.2 Å². The number of methoxy groups -OCH3 is 1. The molecule has 0 aliphatic carbocycles. The number of rotatable bonds is 1. The van der Waals surface area contributed by atoms with E-state index in [0.717, 1.165) is 5.56 Å². The molecule has 2 heterocycles. The fourth-order valence-corrected chi connectivity index (χ4v) is 3.34. The van der Waals surface area contributed by atoms with Crippen LogP contribution in [-0.4, -0.2) is 43.0 Å². The van der Waals surface area contributed by atoms with Crippen LogP contribution in [0.1, 0.15) is 43.1 Å². The first-order valence-corrected chi connectivity index (χ1v) is 9.38. The molecule has 1 aromatic carbocycles. The molecule has 6 nitrogen and oxygen atoms in total. The first kappa shape index (κ1) is 20.3. The van der Waals surface area contributed by atoms with Gasteiger partial charge in [-0.05, 0) is 57.0 Å². The molecule has 1 saturated heterocycles. The van der Waals surface area contributed by atoms with Crippen LogP contribution in [0.15, 0.2) is 42.5 Å². The second-order valence-corrected chi connectivity index (χ2v) is 7.39. The molecular formula is C22H26O6. The quantitative estimate of drug-likeness (QED) is 0.544. The lowest BCUT2D eigenvalue weighted by Gasteiger charge is -2.16. The van der Waals surface area contributed by atoms with Crippen LogP contribution < -0.4 is 4.74 Å². The van der Waals surface area contributed by atoms with E-state index >= 15 is 0 Å². The Kier molecular flexibility index (Phi) is 6.01. The highest BCUT2D eigenvalue weighted by Crippen LogP contribution is 2.30. The molecule has 3 atom stereocenters. The number of ketones is 1. The molecule has 0 unspecified atom stereocenters. The lowest BCUT2D eigenvalue weighted by atomic mass is 10.0. The fraction of sp³-hybridized carbons (Fsp3) is 0.455. The molecule has 1 fully saturated rings. The average Bonchev–Trinajstić information content (AvgIpc) is 2.95. The van der Waals surface area contributed by atoms with E-state index in [1.54, 1.807) is 52.2 Å². The molecular weight excluding hydrogens is 360 g/mol. The number of cyclic esters (lactones) is 1. The summed E-state index contributed by atoms with van der Waals surface area (Å²) in [5.74, 6) is -0.663. The van der Waals surface area contributed by atoms with Crippen molar-refractivity contribution < 1.29 is 28.5 Å². The number of allylic oxidation sites excluding steroid dienone is 2. The summed E-state index contributed by atoms with van der Waals surface area (Å²) in [6.07, 6.45) is 6.17. The minimum absolute atomic E-state index is 0.0749. The summed E-state index contributed by atoms with van der Waals surface area (Å²) >= 11 is 0. The zero-order chi connectivity index (χ0) is 20.3. The molecule has 6 heteroatoms. The Morgan fingerprint density at radius 2 is 1.82 bits per heavy atom. The van der Waals surface area contributed by atoms with E-state index in [9.17, 15) is 9.59 Å². The Balaban J connectivity index is 1.95. The SMILES string of the molecule is COc1ccc2c(c1)CC=C[C@@H]1OC(C)(C)O[C@@H]1C(=O)CC=C[C@H](C)OC2=O. The van der Waals surface area contributed by atoms with Crippen molar-refractivity contribution in [3.05, 3.63) is 53.6 Å². The number of fused-ring (bicyclic) bond motifs is 2. The molecule has 0 aromatic heterocycles. The summed E-state index contributed by atoms with van der Waals surface area (Å²) in [5.41, 5.74) is 1.26. The van der Waals surface area contributed by atoms with Crippen LogP contribution in [0.4, 0.5) is 0 Å². The average molecular weight is 386 g/mol. The van der Waals surface area contributed by atoms with Gasteiger partial charge >= 0.3 is 5.97 Å². The van der Waals surface area contributed by atoms with Gasteiger partial charge in [0.25, 0.3) is 0 Å². The molecule has 150 valence electrons. The van der Waals surface area contributed by atoms with Crippen LogP contribution in [0, 0.1) is 0 Å². The summed E-state index contributed by atoms with van der Waals surface area (Å²) in [6.45, 7) is 5.34. The molecule has 2 aliphatic heterocycles. The van der Waals surface area contributed by atoms with Gasteiger partial charge in [0.1, 0.15) is 24.1 Å². The van der Waals surface area contributed by atoms with E-state index in [0.29, 0.717) is 17.7 Å². The number of Topliss-reactive ketones (excluding diaryl/α,β-unsaturated/α-hetero) is 1. The van der Waals surface area contributed by atoms with Crippen molar-refractivity contribution in [1.82, 2.24) is 0 Å². The summed E-state index contributed by atoms with van der Waals surface area (Å²) < 4.78 is 22.5. The zero-order valence-corrected chi connectivity index (χ0v) is 16.6. The Hall–Kier alpha value is -2.44. The third-order valence-corrected chi connectivity index (χ3v) is 4.66. The molecule has 0 radical (unpaired) electrons. The molecule has 2 aliphatic rings. The topological polar surface area (TPSA) is 71.1 Å². The van der Waals surface area contributed by atoms with Crippen molar-refractivity contribution in [3.63, 3.8) is 0 Å². The van der Waals surface area contributed by atoms with Gasteiger partial charge in [-0.1, -0.05) is 18.2 Å². The van der Waals surface area contributed by atoms with Crippen LogP contribution in [0.25, 0.3) is 0 Å². The van der Waals surface area contributed by atoms with Gasteiger partial charge in [0, 0.05) is 6.42 Å². The minimum atomic E-state index is -0.833. The maximum absolute atomic E-state index is 12.6. The Labute approximate surface area is 165 Å². The summed E-state index contributed by atoms with van der Waals surface area (Å²) in [7, 11) is 1.58. The number of hydrogen-bond acceptors (Lipinski definition) is 6. The maximum Gasteiger partial charge on any atom is 0.339 e. The predicted octanol–water partition coefficient (Wildman–Crippen LogP) is 3.39. The maximum atomic E-state index is 12.6. The van der Waals surface area contributed by atoms with Crippen LogP contribution in [0.3, 0.4) is 0 Å². The number of benzene rings is 1. The van der Waals surface area contributed by atoms with Crippen molar-refractivity contribution in [2.24, 2.45) is 0 Å². The van der Waals surface area contributed by atoms with Gasteiger partial charge in [-0.25, -0.2) is 4.79 Å². The van der Waals surface area contributed by atoms with Crippen LogP contribution in [0.2, 0.25) is 0 Å². The van der Waals surface area contributed by atoms with E-state index in [1.165, 1.54) is 0 Å². The van der Waals surface area contributed by atoms with Crippen molar-refractivity contribution >= 4 is 11.8 Å². The molecule has 0 amide bonds. The molecule has 0 saturated carbocycles. The van der Waals surface area contributed by atoms with Crippen molar-refractivity contribution in [2.75, 3.05) is 7.11 Å². The van der Waals surface area contributed by atoms with Gasteiger partial charge in [0.2, 0.25) is 0 Å². The van der Waals surface area contributed by atoms with Crippen molar-refractivity contribution in [3.8, 4) is 5.75 Å².